The number of rotatable bonds is 8. The number of nitrogens with zero attached hydrogens (tertiary/aromatic N) is 3. The maximum Gasteiger partial charge on any atom is 0.160 e. The minimum absolute atomic E-state index is 0.721. The van der Waals surface area contributed by atoms with Crippen LogP contribution in [0.2, 0.25) is 0 Å². The Morgan fingerprint density at radius 2 is 1.62 bits per heavy atom. The van der Waals surface area contributed by atoms with Crippen molar-refractivity contribution in [3.05, 3.63) is 113 Å². The van der Waals surface area contributed by atoms with Gasteiger partial charge in [-0.15, -0.1) is 0 Å². The number of pyridine rings is 1. The van der Waals surface area contributed by atoms with Crippen molar-refractivity contribution >= 4 is 17.6 Å². The number of hydrogen-bond acceptors (Lipinski definition) is 6. The average Bonchev–Trinajstić information content (AvgIpc) is 3.19. The number of aromatic nitrogens is 1. The molecule has 0 bridgehead atoms. The Balaban J connectivity index is 1.52. The van der Waals surface area contributed by atoms with Crippen LogP contribution < -0.4 is 14.2 Å². The van der Waals surface area contributed by atoms with Gasteiger partial charge in [0.05, 0.1) is 21.3 Å². The predicted octanol–water partition coefficient (Wildman–Crippen LogP) is 6.36. The second-order valence-electron chi connectivity index (χ2n) is 9.21. The fourth-order valence-electron chi connectivity index (χ4n) is 4.58. The Bertz CT molecular complexity index is 1570. The smallest absolute Gasteiger partial charge is 0.160 e. The standard InChI is InChI=1S/C33H31N3O3/c1-36(18-16-23-10-15-31(38-3)32(19-23)39-4)33-29-21-26(25-7-5-9-28(20-25)37-2)12-11-24(29)13-14-30(35-33)27-8-6-17-34-22-27/h5-13,15,17,19-22H,16,18H2,1-4H3. The first-order chi connectivity index (χ1) is 19.1. The number of likely N-dealkylation sites (N-methyl/N-ethyl adjacent to an activating group) is 1. The van der Waals surface area contributed by atoms with Crippen LogP contribution in [0.3, 0.4) is 0 Å². The molecule has 1 aliphatic rings. The first kappa shape index (κ1) is 25.8. The highest BCUT2D eigenvalue weighted by Gasteiger charge is 2.18. The van der Waals surface area contributed by atoms with Gasteiger partial charge < -0.3 is 19.1 Å². The summed E-state index contributed by atoms with van der Waals surface area (Å²) in [5.74, 6) is 3.14. The van der Waals surface area contributed by atoms with Crippen LogP contribution >= 0.6 is 0 Å². The van der Waals surface area contributed by atoms with Crippen LogP contribution in [0.15, 0.2) is 95.9 Å². The molecule has 196 valence electrons. The normalized spacial score (nSPS) is 12.1. The van der Waals surface area contributed by atoms with Gasteiger partial charge in [-0.1, -0.05) is 36.1 Å². The lowest BCUT2D eigenvalue weighted by Crippen LogP contribution is -2.30. The first-order valence-corrected chi connectivity index (χ1v) is 12.8. The molecule has 6 nitrogen and oxygen atoms in total. The fourth-order valence-corrected chi connectivity index (χ4v) is 4.58. The minimum atomic E-state index is 0.721. The highest BCUT2D eigenvalue weighted by Crippen LogP contribution is 2.31. The van der Waals surface area contributed by atoms with Crippen LogP contribution in [0.5, 0.6) is 17.2 Å². The zero-order chi connectivity index (χ0) is 27.2. The average molecular weight is 518 g/mol. The Kier molecular flexibility index (Phi) is 7.76. The quantitative estimate of drug-likeness (QED) is 0.255. The fraction of sp³-hybridized carbons (Fsp3) is 0.182. The Hall–Kier alpha value is -4.80. The third-order valence-corrected chi connectivity index (χ3v) is 6.76. The molecule has 1 aliphatic heterocycles. The first-order valence-electron chi connectivity index (χ1n) is 12.8. The van der Waals surface area contributed by atoms with E-state index in [9.17, 15) is 0 Å². The molecule has 2 heterocycles. The van der Waals surface area contributed by atoms with Gasteiger partial charge in [-0.2, -0.15) is 0 Å². The number of aliphatic imine (C=N–C) groups is 1. The van der Waals surface area contributed by atoms with E-state index < -0.39 is 0 Å². The molecular formula is C33H31N3O3. The summed E-state index contributed by atoms with van der Waals surface area (Å²) in [6, 6.07) is 24.5. The largest absolute Gasteiger partial charge is 0.497 e. The summed E-state index contributed by atoms with van der Waals surface area (Å²) in [6.07, 6.45) is 6.39. The van der Waals surface area contributed by atoms with Crippen molar-refractivity contribution in [3.8, 4) is 28.4 Å². The highest BCUT2D eigenvalue weighted by molar-refractivity contribution is 6.06. The van der Waals surface area contributed by atoms with E-state index in [1.54, 1.807) is 27.5 Å². The van der Waals surface area contributed by atoms with E-state index in [1.165, 1.54) is 0 Å². The molecule has 0 N–H and O–H groups in total. The SMILES string of the molecule is COc1cccc(-c2ccc3c(c2)C(N(C)CCc2ccc(OC)c(OC)c2)=NC(c2cccnc2)=C=C3)c1. The number of benzene rings is 3. The third kappa shape index (κ3) is 5.71. The summed E-state index contributed by atoms with van der Waals surface area (Å²) in [4.78, 5) is 11.6. The molecule has 0 atom stereocenters. The molecule has 0 amide bonds. The van der Waals surface area contributed by atoms with Crippen molar-refractivity contribution < 1.29 is 14.2 Å². The van der Waals surface area contributed by atoms with E-state index in [2.05, 4.69) is 53.0 Å². The molecule has 0 spiro atoms. The second-order valence-corrected chi connectivity index (χ2v) is 9.21. The number of hydrogen-bond donors (Lipinski definition) is 0. The van der Waals surface area contributed by atoms with Gasteiger partial charge in [0.2, 0.25) is 0 Å². The van der Waals surface area contributed by atoms with Crippen molar-refractivity contribution in [3.63, 3.8) is 0 Å². The summed E-state index contributed by atoms with van der Waals surface area (Å²) in [6.45, 7) is 0.747. The molecule has 5 rings (SSSR count). The topological polar surface area (TPSA) is 56.2 Å². The van der Waals surface area contributed by atoms with Gasteiger partial charge in [0.15, 0.2) is 11.5 Å². The molecule has 0 fully saturated rings. The molecule has 6 heteroatoms. The van der Waals surface area contributed by atoms with Crippen LogP contribution in [0.1, 0.15) is 22.3 Å². The summed E-state index contributed by atoms with van der Waals surface area (Å²) in [7, 11) is 7.07. The van der Waals surface area contributed by atoms with Crippen LogP contribution in [-0.2, 0) is 6.42 Å². The minimum Gasteiger partial charge on any atom is -0.497 e. The van der Waals surface area contributed by atoms with Gasteiger partial charge >= 0.3 is 0 Å². The molecule has 0 aliphatic carbocycles. The number of fused-ring (bicyclic) bond motifs is 1. The molecule has 0 radical (unpaired) electrons. The lowest BCUT2D eigenvalue weighted by Gasteiger charge is -2.23. The molecule has 0 saturated carbocycles. The maximum atomic E-state index is 5.50. The van der Waals surface area contributed by atoms with E-state index >= 15 is 0 Å². The maximum absolute atomic E-state index is 5.50. The van der Waals surface area contributed by atoms with Crippen LogP contribution in [0.4, 0.5) is 0 Å². The predicted molar refractivity (Wildman–Crippen MR) is 156 cm³/mol. The van der Waals surface area contributed by atoms with Gasteiger partial charge in [-0.25, -0.2) is 4.99 Å². The third-order valence-electron chi connectivity index (χ3n) is 6.76. The van der Waals surface area contributed by atoms with Gasteiger partial charge in [0.25, 0.3) is 0 Å². The molecular weight excluding hydrogens is 486 g/mol. The van der Waals surface area contributed by atoms with Gasteiger partial charge in [-0.05, 0) is 77.2 Å². The van der Waals surface area contributed by atoms with E-state index in [0.717, 1.165) is 75.1 Å². The van der Waals surface area contributed by atoms with Gasteiger partial charge in [-0.3, -0.25) is 4.98 Å². The van der Waals surface area contributed by atoms with Gasteiger partial charge in [0.1, 0.15) is 17.3 Å². The molecule has 0 unspecified atom stereocenters. The van der Waals surface area contributed by atoms with Crippen molar-refractivity contribution in [2.24, 2.45) is 4.99 Å². The summed E-state index contributed by atoms with van der Waals surface area (Å²) >= 11 is 0. The lowest BCUT2D eigenvalue weighted by molar-refractivity contribution is 0.354. The Morgan fingerprint density at radius 1 is 0.795 bits per heavy atom. The molecule has 0 saturated heterocycles. The van der Waals surface area contributed by atoms with E-state index in [0.29, 0.717) is 0 Å². The van der Waals surface area contributed by atoms with Crippen LogP contribution in [0, 0.1) is 0 Å². The highest BCUT2D eigenvalue weighted by atomic mass is 16.5. The van der Waals surface area contributed by atoms with Gasteiger partial charge in [0, 0.05) is 37.1 Å². The van der Waals surface area contributed by atoms with E-state index in [-0.39, 0.29) is 0 Å². The number of ether oxygens (including phenoxy) is 3. The summed E-state index contributed by atoms with van der Waals surface area (Å²) in [5, 5.41) is 0. The summed E-state index contributed by atoms with van der Waals surface area (Å²) < 4.78 is 16.4. The van der Waals surface area contributed by atoms with E-state index in [1.807, 2.05) is 54.7 Å². The number of amidine groups is 1. The second kappa shape index (κ2) is 11.7. The lowest BCUT2D eigenvalue weighted by atomic mass is 9.97. The Morgan fingerprint density at radius 3 is 2.38 bits per heavy atom. The molecule has 4 aromatic rings. The summed E-state index contributed by atoms with van der Waals surface area (Å²) in [5.41, 5.74) is 10.5. The molecule has 3 aromatic carbocycles. The van der Waals surface area contributed by atoms with Crippen LogP contribution in [0.25, 0.3) is 22.9 Å². The van der Waals surface area contributed by atoms with Crippen molar-refractivity contribution in [2.45, 2.75) is 6.42 Å². The van der Waals surface area contributed by atoms with E-state index in [4.69, 9.17) is 19.2 Å². The zero-order valence-electron chi connectivity index (χ0n) is 22.6. The monoisotopic (exact) mass is 517 g/mol. The molecule has 1 aromatic heterocycles. The van der Waals surface area contributed by atoms with Crippen molar-refractivity contribution in [1.29, 1.82) is 0 Å². The van der Waals surface area contributed by atoms with Crippen molar-refractivity contribution in [2.75, 3.05) is 34.9 Å². The Labute approximate surface area is 229 Å². The zero-order valence-corrected chi connectivity index (χ0v) is 22.6. The van der Waals surface area contributed by atoms with Crippen LogP contribution in [-0.4, -0.2) is 50.6 Å². The van der Waals surface area contributed by atoms with Crippen molar-refractivity contribution in [1.82, 2.24) is 9.88 Å². The number of methoxy groups -OCH3 is 3. The molecule has 39 heavy (non-hydrogen) atoms.